The molecule has 0 amide bonds. The molecule has 3 aromatic rings. The van der Waals surface area contributed by atoms with Gasteiger partial charge in [0, 0.05) is 61.6 Å². The van der Waals surface area contributed by atoms with Gasteiger partial charge in [-0.3, -0.25) is 9.58 Å². The van der Waals surface area contributed by atoms with Gasteiger partial charge in [0.25, 0.3) is 10.0 Å². The highest BCUT2D eigenvalue weighted by atomic mass is 32.2. The van der Waals surface area contributed by atoms with Crippen LogP contribution in [0.2, 0.25) is 0 Å². The molecule has 2 aromatic carbocycles. The van der Waals surface area contributed by atoms with Crippen molar-refractivity contribution in [2.45, 2.75) is 44.8 Å². The van der Waals surface area contributed by atoms with E-state index < -0.39 is 10.0 Å². The van der Waals surface area contributed by atoms with Gasteiger partial charge in [0.15, 0.2) is 5.03 Å². The molecule has 4 rings (SSSR count). The van der Waals surface area contributed by atoms with Crippen LogP contribution in [0.15, 0.2) is 53.7 Å². The number of nitrogens with one attached hydrogen (secondary N) is 2. The summed E-state index contributed by atoms with van der Waals surface area (Å²) in [6, 6.07) is 11.4. The average molecular weight is 513 g/mol. The molecule has 0 spiro atoms. The number of piperazine rings is 1. The third kappa shape index (κ3) is 5.35. The number of aryl methyl sites for hydroxylation is 2. The fourth-order valence-corrected chi connectivity index (χ4v) is 6.04. The van der Waals surface area contributed by atoms with Crippen LogP contribution in [0.3, 0.4) is 0 Å². The van der Waals surface area contributed by atoms with Gasteiger partial charge in [0.1, 0.15) is 5.82 Å². The van der Waals surface area contributed by atoms with E-state index >= 15 is 0 Å². The number of hydrogen-bond acceptors (Lipinski definition) is 6. The molecule has 0 bridgehead atoms. The van der Waals surface area contributed by atoms with Crippen LogP contribution in [0.1, 0.15) is 43.0 Å². The molecule has 2 heterocycles. The van der Waals surface area contributed by atoms with Crippen LogP contribution in [0.4, 0.5) is 15.8 Å². The van der Waals surface area contributed by atoms with Crippen molar-refractivity contribution in [3.63, 3.8) is 0 Å². The van der Waals surface area contributed by atoms with Crippen molar-refractivity contribution in [2.24, 2.45) is 0 Å². The molecule has 0 saturated carbocycles. The van der Waals surface area contributed by atoms with Gasteiger partial charge in [-0.05, 0) is 80.4 Å². The Morgan fingerprint density at radius 2 is 1.92 bits per heavy atom. The molecular weight excluding hydrogens is 479 g/mol. The van der Waals surface area contributed by atoms with E-state index in [-0.39, 0.29) is 16.9 Å². The Bertz CT molecular complexity index is 1320. The molecule has 2 N–H and O–H groups in total. The smallest absolute Gasteiger partial charge is 0.262 e. The van der Waals surface area contributed by atoms with Crippen molar-refractivity contribution < 1.29 is 12.8 Å². The molecule has 1 atom stereocenters. The minimum Gasteiger partial charge on any atom is -0.355 e. The van der Waals surface area contributed by atoms with Gasteiger partial charge in [-0.15, -0.1) is 0 Å². The number of nitrogens with zero attached hydrogens (tertiary/aromatic N) is 4. The zero-order valence-electron chi connectivity index (χ0n) is 20.9. The fraction of sp³-hybridized carbons (Fsp3) is 0.385. The highest BCUT2D eigenvalue weighted by Gasteiger charge is 2.36. The maximum atomic E-state index is 13.4. The van der Waals surface area contributed by atoms with Crippen molar-refractivity contribution in [2.75, 3.05) is 31.5 Å². The number of aromatic nitrogens is 2. The quantitative estimate of drug-likeness (QED) is 0.410. The first kappa shape index (κ1) is 26.0. The molecule has 8 nitrogen and oxygen atoms in total. The monoisotopic (exact) mass is 512 g/mol. The van der Waals surface area contributed by atoms with Gasteiger partial charge in [-0.1, -0.05) is 6.92 Å². The summed E-state index contributed by atoms with van der Waals surface area (Å²) in [5.74, 6) is -0.311. The number of hydrogen-bond donors (Lipinski definition) is 2. The largest absolute Gasteiger partial charge is 0.355 e. The maximum absolute atomic E-state index is 13.4. The van der Waals surface area contributed by atoms with Crippen LogP contribution >= 0.6 is 0 Å². The predicted molar refractivity (Wildman–Crippen MR) is 140 cm³/mol. The maximum Gasteiger partial charge on any atom is 0.262 e. The Morgan fingerprint density at radius 3 is 2.56 bits per heavy atom. The second kappa shape index (κ2) is 10.9. The number of rotatable bonds is 9. The van der Waals surface area contributed by atoms with Gasteiger partial charge >= 0.3 is 0 Å². The van der Waals surface area contributed by atoms with Crippen LogP contribution in [0.5, 0.6) is 0 Å². The first-order valence-corrected chi connectivity index (χ1v) is 13.7. The lowest BCUT2D eigenvalue weighted by Crippen LogP contribution is -2.50. The Morgan fingerprint density at radius 1 is 1.17 bits per heavy atom. The Hall–Kier alpha value is -3.08. The van der Waals surface area contributed by atoms with Crippen LogP contribution in [-0.4, -0.2) is 59.8 Å². The van der Waals surface area contributed by atoms with E-state index in [0.29, 0.717) is 31.7 Å². The molecule has 1 aromatic heterocycles. The van der Waals surface area contributed by atoms with Crippen LogP contribution in [-0.2, 0) is 16.6 Å². The number of halogens is 1. The van der Waals surface area contributed by atoms with E-state index in [1.54, 1.807) is 29.1 Å². The van der Waals surface area contributed by atoms with Crippen molar-refractivity contribution in [1.29, 1.82) is 5.41 Å². The minimum absolute atomic E-state index is 0.0720. The molecule has 1 saturated heterocycles. The van der Waals surface area contributed by atoms with E-state index in [2.05, 4.69) is 22.2 Å². The second-order valence-corrected chi connectivity index (χ2v) is 10.9. The average Bonchev–Trinajstić information content (AvgIpc) is 3.37. The molecule has 0 unspecified atom stereocenters. The molecule has 1 aliphatic heterocycles. The Kier molecular flexibility index (Phi) is 7.87. The number of anilines is 2. The van der Waals surface area contributed by atoms with Gasteiger partial charge in [-0.2, -0.15) is 9.40 Å². The van der Waals surface area contributed by atoms with Gasteiger partial charge in [0.05, 0.1) is 0 Å². The molecule has 0 aliphatic carbocycles. The van der Waals surface area contributed by atoms with Gasteiger partial charge in [0.2, 0.25) is 0 Å². The molecule has 1 aliphatic rings. The number of sulfonamides is 1. The minimum atomic E-state index is -3.72. The summed E-state index contributed by atoms with van der Waals surface area (Å²) in [4.78, 5) is 2.32. The van der Waals surface area contributed by atoms with E-state index in [9.17, 15) is 12.8 Å². The molecule has 1 fully saturated rings. The fourth-order valence-electron chi connectivity index (χ4n) is 4.67. The first-order valence-electron chi connectivity index (χ1n) is 12.2. The predicted octanol–water partition coefficient (Wildman–Crippen LogP) is 4.55. The summed E-state index contributed by atoms with van der Waals surface area (Å²) in [7, 11) is -3.72. The van der Waals surface area contributed by atoms with Crippen molar-refractivity contribution >= 4 is 27.6 Å². The van der Waals surface area contributed by atoms with Crippen molar-refractivity contribution in [1.82, 2.24) is 19.0 Å². The zero-order valence-corrected chi connectivity index (χ0v) is 21.7. The molecule has 0 radical (unpaired) electrons. The third-order valence-corrected chi connectivity index (χ3v) is 8.34. The van der Waals surface area contributed by atoms with Gasteiger partial charge in [-0.25, -0.2) is 12.8 Å². The lowest BCUT2D eigenvalue weighted by Gasteiger charge is -2.41. The summed E-state index contributed by atoms with van der Waals surface area (Å²) in [6.07, 6.45) is 3.92. The van der Waals surface area contributed by atoms with E-state index in [1.807, 2.05) is 26.0 Å². The summed E-state index contributed by atoms with van der Waals surface area (Å²) >= 11 is 0. The Labute approximate surface area is 212 Å². The molecular formula is C26H33FN6O2S. The van der Waals surface area contributed by atoms with E-state index in [0.717, 1.165) is 35.5 Å². The van der Waals surface area contributed by atoms with Crippen LogP contribution in [0, 0.1) is 18.2 Å². The Balaban J connectivity index is 1.66. The summed E-state index contributed by atoms with van der Waals surface area (Å²) in [5.41, 5.74) is 4.13. The second-order valence-electron chi connectivity index (χ2n) is 9.00. The summed E-state index contributed by atoms with van der Waals surface area (Å²) in [6.45, 7) is 8.80. The van der Waals surface area contributed by atoms with Crippen LogP contribution in [0.25, 0.3) is 0 Å². The summed E-state index contributed by atoms with van der Waals surface area (Å²) in [5, 5.41) is 15.6. The van der Waals surface area contributed by atoms with Gasteiger partial charge < -0.3 is 10.7 Å². The third-order valence-electron chi connectivity index (χ3n) is 6.59. The van der Waals surface area contributed by atoms with E-state index in [1.165, 1.54) is 22.7 Å². The lowest BCUT2D eigenvalue weighted by molar-refractivity contribution is 0.117. The molecule has 36 heavy (non-hydrogen) atoms. The van der Waals surface area contributed by atoms with Crippen LogP contribution < -0.4 is 5.32 Å². The highest BCUT2D eigenvalue weighted by Crippen LogP contribution is 2.34. The van der Waals surface area contributed by atoms with E-state index in [4.69, 9.17) is 5.41 Å². The highest BCUT2D eigenvalue weighted by molar-refractivity contribution is 7.89. The van der Waals surface area contributed by atoms with Crippen molar-refractivity contribution in [3.05, 3.63) is 71.2 Å². The standard InChI is InChI=1S/C26H33FN6O2S/c1-4-11-31-13-14-33(36(34,35)26-10-12-32(5-2)30-26)18-25(31)23-16-20(17-28)24(15-19(23)3)29-22-8-6-21(27)7-9-22/h6-10,12,15-17,25,28-29H,4-5,11,13-14,18H2,1-3H3/t25-/m0/s1. The molecule has 10 heteroatoms. The summed E-state index contributed by atoms with van der Waals surface area (Å²) < 4.78 is 43.3. The zero-order chi connectivity index (χ0) is 25.9. The SMILES string of the molecule is CCCN1CCN(S(=O)(=O)c2ccn(CC)n2)C[C@H]1c1cc(C=N)c(Nc2ccc(F)cc2)cc1C. The number of benzene rings is 2. The normalized spacial score (nSPS) is 17.3. The molecule has 192 valence electrons. The first-order chi connectivity index (χ1) is 17.3. The lowest BCUT2D eigenvalue weighted by atomic mass is 9.94. The topological polar surface area (TPSA) is 94.3 Å². The van der Waals surface area contributed by atoms with Crippen molar-refractivity contribution in [3.8, 4) is 0 Å².